The van der Waals surface area contributed by atoms with E-state index < -0.39 is 16.7 Å². The molecule has 1 saturated carbocycles. The normalized spacial score (nSPS) is 14.4. The summed E-state index contributed by atoms with van der Waals surface area (Å²) in [5.74, 6) is 0. The molecule has 0 unspecified atom stereocenters. The topological polar surface area (TPSA) is 93.6 Å². The molecule has 5 aromatic rings. The molecular formula is C25H16ClN5O2S. The lowest BCUT2D eigenvalue weighted by atomic mass is 10.1. The Bertz CT molecular complexity index is 1770. The van der Waals surface area contributed by atoms with E-state index in [2.05, 4.69) is 16.0 Å². The number of thiophene rings is 1. The van der Waals surface area contributed by atoms with Crippen LogP contribution in [0.5, 0.6) is 0 Å². The molecule has 6 rings (SSSR count). The minimum Gasteiger partial charge on any atom is -0.290 e. The number of hydrogen-bond acceptors (Lipinski definition) is 6. The highest BCUT2D eigenvalue weighted by atomic mass is 35.5. The SMILES string of the molecule is N#CC1(Cn2c(=O)n(-c3cncc4cccnc34)c(=O)c3sc(-c4ccccc4Cl)cc32)CC1. The first-order valence-corrected chi connectivity index (χ1v) is 11.9. The van der Waals surface area contributed by atoms with Crippen molar-refractivity contribution in [2.75, 3.05) is 0 Å². The van der Waals surface area contributed by atoms with E-state index in [1.165, 1.54) is 17.5 Å². The predicted octanol–water partition coefficient (Wildman–Crippen LogP) is 4.78. The Morgan fingerprint density at radius 1 is 1.15 bits per heavy atom. The van der Waals surface area contributed by atoms with E-state index in [0.29, 0.717) is 26.4 Å². The second-order valence-electron chi connectivity index (χ2n) is 8.44. The molecule has 1 fully saturated rings. The van der Waals surface area contributed by atoms with Crippen LogP contribution in [0.3, 0.4) is 0 Å². The molecule has 7 nitrogen and oxygen atoms in total. The fourth-order valence-corrected chi connectivity index (χ4v) is 5.64. The molecule has 0 amide bonds. The molecule has 0 atom stereocenters. The first-order valence-electron chi connectivity index (χ1n) is 10.7. The number of pyridine rings is 2. The van der Waals surface area contributed by atoms with Crippen LogP contribution < -0.4 is 11.2 Å². The monoisotopic (exact) mass is 485 g/mol. The third-order valence-electron chi connectivity index (χ3n) is 6.25. The third kappa shape index (κ3) is 3.16. The summed E-state index contributed by atoms with van der Waals surface area (Å²) in [5.41, 5.74) is 0.564. The van der Waals surface area contributed by atoms with Crippen molar-refractivity contribution < 1.29 is 0 Å². The van der Waals surface area contributed by atoms with Gasteiger partial charge in [0.15, 0.2) is 0 Å². The largest absolute Gasteiger partial charge is 0.336 e. The molecule has 166 valence electrons. The number of halogens is 1. The van der Waals surface area contributed by atoms with Gasteiger partial charge >= 0.3 is 5.69 Å². The molecule has 0 bridgehead atoms. The van der Waals surface area contributed by atoms with E-state index in [-0.39, 0.29) is 6.54 Å². The Hall–Kier alpha value is -3.80. The maximum Gasteiger partial charge on any atom is 0.336 e. The van der Waals surface area contributed by atoms with Crippen LogP contribution in [0, 0.1) is 16.7 Å². The van der Waals surface area contributed by atoms with Gasteiger partial charge in [0.25, 0.3) is 5.56 Å². The summed E-state index contributed by atoms with van der Waals surface area (Å²) in [6.45, 7) is 0.212. The van der Waals surface area contributed by atoms with Crippen LogP contribution in [0.4, 0.5) is 0 Å². The highest BCUT2D eigenvalue weighted by Crippen LogP contribution is 2.47. The Morgan fingerprint density at radius 2 is 1.97 bits per heavy atom. The molecule has 9 heteroatoms. The number of hydrogen-bond donors (Lipinski definition) is 0. The Labute approximate surface area is 202 Å². The van der Waals surface area contributed by atoms with Crippen molar-refractivity contribution in [3.63, 3.8) is 0 Å². The maximum absolute atomic E-state index is 13.8. The lowest BCUT2D eigenvalue weighted by Gasteiger charge is -2.14. The van der Waals surface area contributed by atoms with Crippen LogP contribution in [-0.4, -0.2) is 19.1 Å². The van der Waals surface area contributed by atoms with Gasteiger partial charge in [0, 0.05) is 39.8 Å². The molecule has 0 saturated heterocycles. The Kier molecular flexibility index (Phi) is 4.66. The zero-order valence-electron chi connectivity index (χ0n) is 17.7. The van der Waals surface area contributed by atoms with Crippen molar-refractivity contribution in [1.82, 2.24) is 19.1 Å². The molecule has 34 heavy (non-hydrogen) atoms. The molecule has 0 radical (unpaired) electrons. The average Bonchev–Trinajstić information content (AvgIpc) is 3.50. The van der Waals surface area contributed by atoms with Crippen LogP contribution >= 0.6 is 22.9 Å². The van der Waals surface area contributed by atoms with Gasteiger partial charge in [-0.2, -0.15) is 5.26 Å². The second-order valence-corrected chi connectivity index (χ2v) is 9.90. The zero-order chi connectivity index (χ0) is 23.4. The third-order valence-corrected chi connectivity index (χ3v) is 7.72. The summed E-state index contributed by atoms with van der Waals surface area (Å²) in [5, 5.41) is 11.0. The van der Waals surface area contributed by atoms with E-state index in [1.807, 2.05) is 30.3 Å². The van der Waals surface area contributed by atoms with Gasteiger partial charge in [-0.1, -0.05) is 29.8 Å². The van der Waals surface area contributed by atoms with E-state index in [9.17, 15) is 14.9 Å². The highest BCUT2D eigenvalue weighted by molar-refractivity contribution is 7.22. The van der Waals surface area contributed by atoms with Crippen LogP contribution in [0.15, 0.2) is 70.6 Å². The summed E-state index contributed by atoms with van der Waals surface area (Å²) in [7, 11) is 0. The molecule has 0 spiro atoms. The van der Waals surface area contributed by atoms with Gasteiger partial charge in [0.1, 0.15) is 4.70 Å². The van der Waals surface area contributed by atoms with Crippen LogP contribution in [0.1, 0.15) is 12.8 Å². The average molecular weight is 486 g/mol. The smallest absolute Gasteiger partial charge is 0.290 e. The summed E-state index contributed by atoms with van der Waals surface area (Å²) in [6.07, 6.45) is 6.17. The summed E-state index contributed by atoms with van der Waals surface area (Å²) >= 11 is 7.70. The molecule has 0 N–H and O–H groups in total. The van der Waals surface area contributed by atoms with E-state index in [0.717, 1.165) is 33.2 Å². The van der Waals surface area contributed by atoms with E-state index in [4.69, 9.17) is 11.6 Å². The number of aromatic nitrogens is 4. The zero-order valence-corrected chi connectivity index (χ0v) is 19.3. The molecule has 1 aliphatic carbocycles. The van der Waals surface area contributed by atoms with E-state index in [1.54, 1.807) is 29.1 Å². The van der Waals surface area contributed by atoms with Crippen LogP contribution in [0.2, 0.25) is 5.02 Å². The van der Waals surface area contributed by atoms with Gasteiger partial charge in [0.05, 0.1) is 34.4 Å². The number of fused-ring (bicyclic) bond motifs is 2. The van der Waals surface area contributed by atoms with E-state index >= 15 is 0 Å². The van der Waals surface area contributed by atoms with Gasteiger partial charge in [-0.05, 0) is 37.1 Å². The van der Waals surface area contributed by atoms with Crippen molar-refractivity contribution in [1.29, 1.82) is 5.26 Å². The van der Waals surface area contributed by atoms with Crippen molar-refractivity contribution >= 4 is 44.1 Å². The predicted molar refractivity (Wildman–Crippen MR) is 133 cm³/mol. The molecule has 4 heterocycles. The van der Waals surface area contributed by atoms with Crippen molar-refractivity contribution in [2.45, 2.75) is 19.4 Å². The lowest BCUT2D eigenvalue weighted by molar-refractivity contribution is 0.513. The van der Waals surface area contributed by atoms with Crippen LogP contribution in [-0.2, 0) is 6.54 Å². The van der Waals surface area contributed by atoms with Crippen molar-refractivity contribution in [2.24, 2.45) is 5.41 Å². The molecule has 0 aliphatic heterocycles. The summed E-state index contributed by atoms with van der Waals surface area (Å²) < 4.78 is 3.09. The first-order chi connectivity index (χ1) is 16.5. The molecule has 1 aliphatic rings. The lowest BCUT2D eigenvalue weighted by Crippen LogP contribution is -2.39. The van der Waals surface area contributed by atoms with Crippen molar-refractivity contribution in [3.05, 3.63) is 86.9 Å². The highest BCUT2D eigenvalue weighted by Gasteiger charge is 2.44. The first kappa shape index (κ1) is 20.8. The number of benzene rings is 1. The van der Waals surface area contributed by atoms with Gasteiger partial charge in [-0.3, -0.25) is 19.3 Å². The van der Waals surface area contributed by atoms with Gasteiger partial charge in [0.2, 0.25) is 0 Å². The molecular weight excluding hydrogens is 470 g/mol. The Morgan fingerprint density at radius 3 is 2.74 bits per heavy atom. The van der Waals surface area contributed by atoms with Gasteiger partial charge in [-0.15, -0.1) is 11.3 Å². The standard InChI is InChI=1S/C25H16ClN5O2S/c26-17-6-2-1-5-16(17)20-10-18-22(34-20)23(32)31(24(33)30(18)14-25(13-27)7-8-25)19-12-28-11-15-4-3-9-29-21(15)19/h1-6,9-12H,7-8,14H2. The van der Waals surface area contributed by atoms with Gasteiger partial charge in [-0.25, -0.2) is 9.36 Å². The second kappa shape index (κ2) is 7.62. The minimum atomic E-state index is -0.596. The number of nitriles is 1. The number of rotatable bonds is 4. The molecule has 1 aromatic carbocycles. The fourth-order valence-electron chi connectivity index (χ4n) is 4.21. The van der Waals surface area contributed by atoms with Crippen LogP contribution in [0.25, 0.3) is 37.2 Å². The van der Waals surface area contributed by atoms with Gasteiger partial charge < -0.3 is 0 Å². The molecule has 4 aromatic heterocycles. The number of nitrogens with zero attached hydrogens (tertiary/aromatic N) is 5. The minimum absolute atomic E-state index is 0.212. The van der Waals surface area contributed by atoms with Crippen molar-refractivity contribution in [3.8, 4) is 22.2 Å². The quantitative estimate of drug-likeness (QED) is 0.365. The summed E-state index contributed by atoms with van der Waals surface area (Å²) in [6, 6.07) is 15.2. The maximum atomic E-state index is 13.8. The Balaban J connectivity index is 1.70. The summed E-state index contributed by atoms with van der Waals surface area (Å²) in [4.78, 5) is 37.0. The fraction of sp³-hybridized carbons (Fsp3) is 0.160.